The van der Waals surface area contributed by atoms with Crippen LogP contribution in [0, 0.1) is 0 Å². The summed E-state index contributed by atoms with van der Waals surface area (Å²) in [6.45, 7) is 5.94. The van der Waals surface area contributed by atoms with Crippen LogP contribution in [0.5, 0.6) is 0 Å². The topological polar surface area (TPSA) is 98.2 Å². The molecule has 7 nitrogen and oxygen atoms in total. The molecule has 1 heterocycles. The van der Waals surface area contributed by atoms with E-state index in [0.717, 1.165) is 31.7 Å². The van der Waals surface area contributed by atoms with Crippen molar-refractivity contribution >= 4 is 23.4 Å². The third-order valence-corrected chi connectivity index (χ3v) is 3.33. The Morgan fingerprint density at radius 3 is 1.73 bits per heavy atom. The van der Waals surface area contributed by atoms with Gasteiger partial charge < -0.3 is 20.0 Å². The van der Waals surface area contributed by atoms with Crippen LogP contribution in [0.2, 0.25) is 0 Å². The Morgan fingerprint density at radius 1 is 0.909 bits per heavy atom. The predicted octanol–water partition coefficient (Wildman–Crippen LogP) is 0.797. The molecule has 0 unspecified atom stereocenters. The highest BCUT2D eigenvalue weighted by molar-refractivity contribution is 6.27. The fourth-order valence-corrected chi connectivity index (χ4v) is 1.97. The highest BCUT2D eigenvalue weighted by Gasteiger charge is 2.14. The summed E-state index contributed by atoms with van der Waals surface area (Å²) < 4.78 is 0. The monoisotopic (exact) mass is 308 g/mol. The smallest absolute Gasteiger partial charge is 0.414 e. The van der Waals surface area contributed by atoms with E-state index in [0.29, 0.717) is 0 Å². The number of hydrogen-bond donors (Lipinski definition) is 2. The molecule has 2 rings (SSSR count). The molecule has 1 aromatic rings. The van der Waals surface area contributed by atoms with E-state index in [1.807, 2.05) is 24.3 Å². The van der Waals surface area contributed by atoms with E-state index in [9.17, 15) is 4.79 Å². The molecule has 22 heavy (non-hydrogen) atoms. The van der Waals surface area contributed by atoms with Gasteiger partial charge in [-0.2, -0.15) is 0 Å². The molecule has 2 N–H and O–H groups in total. The summed E-state index contributed by atoms with van der Waals surface area (Å²) in [5.74, 6) is -3.52. The molecule has 0 amide bonds. The summed E-state index contributed by atoms with van der Waals surface area (Å²) in [5.41, 5.74) is 2.01. The quantitative estimate of drug-likeness (QED) is 0.616. The third kappa shape index (κ3) is 5.53. The molecule has 0 bridgehead atoms. The Morgan fingerprint density at radius 2 is 1.36 bits per heavy atom. The number of anilines is 1. The van der Waals surface area contributed by atoms with Crippen molar-refractivity contribution in [2.24, 2.45) is 0 Å². The predicted molar refractivity (Wildman–Crippen MR) is 81.4 cm³/mol. The minimum Gasteiger partial charge on any atom is -0.473 e. The molecule has 0 radical (unpaired) electrons. The first-order chi connectivity index (χ1) is 10.3. The van der Waals surface area contributed by atoms with Crippen LogP contribution in [0.25, 0.3) is 0 Å². The zero-order valence-electron chi connectivity index (χ0n) is 12.7. The SMILES string of the molecule is CC(=O)c1ccc(N2CCN(C)CC2)cc1.O=C(O)C(=O)O. The van der Waals surface area contributed by atoms with Crippen molar-refractivity contribution in [3.63, 3.8) is 0 Å². The number of rotatable bonds is 2. The van der Waals surface area contributed by atoms with Crippen LogP contribution in [-0.4, -0.2) is 66.1 Å². The first kappa shape index (κ1) is 17.6. The van der Waals surface area contributed by atoms with Crippen LogP contribution >= 0.6 is 0 Å². The van der Waals surface area contributed by atoms with Crippen molar-refractivity contribution < 1.29 is 24.6 Å². The maximum Gasteiger partial charge on any atom is 0.414 e. The molecule has 0 aliphatic carbocycles. The minimum absolute atomic E-state index is 0.130. The maximum absolute atomic E-state index is 11.2. The normalized spacial score (nSPS) is 14.7. The van der Waals surface area contributed by atoms with Crippen molar-refractivity contribution in [1.29, 1.82) is 0 Å². The molecule has 1 fully saturated rings. The summed E-state index contributed by atoms with van der Waals surface area (Å²) in [4.78, 5) is 34.1. The Kier molecular flexibility index (Phi) is 6.52. The Labute approximate surface area is 128 Å². The second kappa shape index (κ2) is 8.14. The van der Waals surface area contributed by atoms with Crippen LogP contribution in [0.15, 0.2) is 24.3 Å². The van der Waals surface area contributed by atoms with E-state index >= 15 is 0 Å². The lowest BCUT2D eigenvalue weighted by Crippen LogP contribution is -2.44. The van der Waals surface area contributed by atoms with Gasteiger partial charge in [0, 0.05) is 37.4 Å². The number of ketones is 1. The van der Waals surface area contributed by atoms with Gasteiger partial charge in [-0.3, -0.25) is 4.79 Å². The standard InChI is InChI=1S/C13H18N2O.C2H2O4/c1-11(16)12-3-5-13(6-4-12)15-9-7-14(2)8-10-15;3-1(4)2(5)6/h3-6H,7-10H2,1-2H3;(H,3,4)(H,5,6). The second-order valence-corrected chi connectivity index (χ2v) is 5.00. The molecule has 120 valence electrons. The highest BCUT2D eigenvalue weighted by Crippen LogP contribution is 2.17. The molecule has 0 atom stereocenters. The zero-order valence-corrected chi connectivity index (χ0v) is 12.7. The van der Waals surface area contributed by atoms with Crippen LogP contribution in [0.4, 0.5) is 5.69 Å². The van der Waals surface area contributed by atoms with Gasteiger partial charge >= 0.3 is 11.9 Å². The van der Waals surface area contributed by atoms with E-state index in [1.54, 1.807) is 6.92 Å². The molecule has 1 aromatic carbocycles. The van der Waals surface area contributed by atoms with Crippen molar-refractivity contribution in [1.82, 2.24) is 4.90 Å². The second-order valence-electron chi connectivity index (χ2n) is 5.00. The number of Topliss-reactive ketones (excluding diaryl/α,β-unsaturated/α-hetero) is 1. The summed E-state index contributed by atoms with van der Waals surface area (Å²) in [7, 11) is 2.15. The van der Waals surface area contributed by atoms with Gasteiger partial charge in [0.2, 0.25) is 0 Å². The summed E-state index contributed by atoms with van der Waals surface area (Å²) in [6, 6.07) is 7.91. The van der Waals surface area contributed by atoms with Crippen molar-refractivity contribution in [3.8, 4) is 0 Å². The van der Waals surface area contributed by atoms with E-state index < -0.39 is 11.9 Å². The van der Waals surface area contributed by atoms with Crippen molar-refractivity contribution in [2.75, 3.05) is 38.1 Å². The van der Waals surface area contributed by atoms with Gasteiger partial charge in [0.05, 0.1) is 0 Å². The van der Waals surface area contributed by atoms with Gasteiger partial charge in [0.25, 0.3) is 0 Å². The summed E-state index contributed by atoms with van der Waals surface area (Å²) in [6.07, 6.45) is 0. The third-order valence-electron chi connectivity index (χ3n) is 3.33. The first-order valence-corrected chi connectivity index (χ1v) is 6.82. The number of carbonyl (C=O) groups is 3. The molecule has 0 aromatic heterocycles. The van der Waals surface area contributed by atoms with Gasteiger partial charge in [-0.25, -0.2) is 9.59 Å². The highest BCUT2D eigenvalue weighted by atomic mass is 16.4. The number of carboxylic acid groups (broad SMARTS) is 2. The number of likely N-dealkylation sites (N-methyl/N-ethyl adjacent to an activating group) is 1. The Hall–Kier alpha value is -2.41. The van der Waals surface area contributed by atoms with Gasteiger partial charge in [-0.1, -0.05) is 0 Å². The van der Waals surface area contributed by atoms with E-state index in [2.05, 4.69) is 16.8 Å². The molecule has 7 heteroatoms. The number of piperazine rings is 1. The number of nitrogens with zero attached hydrogens (tertiary/aromatic N) is 2. The number of carboxylic acids is 2. The number of benzene rings is 1. The first-order valence-electron chi connectivity index (χ1n) is 6.82. The van der Waals surface area contributed by atoms with Crippen LogP contribution in [0.1, 0.15) is 17.3 Å². The largest absolute Gasteiger partial charge is 0.473 e. The maximum atomic E-state index is 11.2. The van der Waals surface area contributed by atoms with Crippen LogP contribution in [-0.2, 0) is 9.59 Å². The number of carbonyl (C=O) groups excluding carboxylic acids is 1. The van der Waals surface area contributed by atoms with Gasteiger partial charge in [0.1, 0.15) is 0 Å². The van der Waals surface area contributed by atoms with Gasteiger partial charge in [-0.15, -0.1) is 0 Å². The van der Waals surface area contributed by atoms with Gasteiger partial charge in [-0.05, 0) is 38.2 Å². The lowest BCUT2D eigenvalue weighted by atomic mass is 10.1. The molecular formula is C15H20N2O5. The van der Waals surface area contributed by atoms with Gasteiger partial charge in [0.15, 0.2) is 5.78 Å². The molecule has 1 aliphatic heterocycles. The van der Waals surface area contributed by atoms with E-state index in [-0.39, 0.29) is 5.78 Å². The fraction of sp³-hybridized carbons (Fsp3) is 0.400. The number of hydrogen-bond acceptors (Lipinski definition) is 5. The molecule has 1 aliphatic rings. The van der Waals surface area contributed by atoms with Crippen LogP contribution < -0.4 is 4.90 Å². The summed E-state index contributed by atoms with van der Waals surface area (Å²) >= 11 is 0. The van der Waals surface area contributed by atoms with E-state index in [1.165, 1.54) is 5.69 Å². The Bertz CT molecular complexity index is 521. The lowest BCUT2D eigenvalue weighted by molar-refractivity contribution is -0.159. The molecule has 0 saturated carbocycles. The number of aliphatic carboxylic acids is 2. The van der Waals surface area contributed by atoms with Crippen LogP contribution in [0.3, 0.4) is 0 Å². The zero-order chi connectivity index (χ0) is 16.7. The molecule has 0 spiro atoms. The molecular weight excluding hydrogens is 288 g/mol. The van der Waals surface area contributed by atoms with Crippen molar-refractivity contribution in [2.45, 2.75) is 6.92 Å². The lowest BCUT2D eigenvalue weighted by Gasteiger charge is -2.34. The van der Waals surface area contributed by atoms with Crippen molar-refractivity contribution in [3.05, 3.63) is 29.8 Å². The average molecular weight is 308 g/mol. The van der Waals surface area contributed by atoms with E-state index in [4.69, 9.17) is 19.8 Å². The minimum atomic E-state index is -1.82. The average Bonchev–Trinajstić information content (AvgIpc) is 2.48. The molecule has 1 saturated heterocycles. The Balaban J connectivity index is 0.000000346. The summed E-state index contributed by atoms with van der Waals surface area (Å²) in [5, 5.41) is 14.8. The fourth-order valence-electron chi connectivity index (χ4n) is 1.97.